The van der Waals surface area contributed by atoms with Gasteiger partial charge in [0.25, 0.3) is 0 Å². The first-order valence-electron chi connectivity index (χ1n) is 5.39. The lowest BCUT2D eigenvalue weighted by Gasteiger charge is -2.35. The molecule has 0 aromatic heterocycles. The van der Waals surface area contributed by atoms with E-state index in [2.05, 4.69) is 13.8 Å². The molecule has 1 aliphatic rings. The van der Waals surface area contributed by atoms with Crippen LogP contribution in [0.25, 0.3) is 0 Å². The smallest absolute Gasteiger partial charge is 0.0646 e. The van der Waals surface area contributed by atoms with Crippen molar-refractivity contribution in [3.05, 3.63) is 0 Å². The molecule has 0 saturated carbocycles. The molecule has 14 heavy (non-hydrogen) atoms. The number of hydrogen-bond donors (Lipinski definition) is 1. The highest BCUT2D eigenvalue weighted by molar-refractivity contribution is 4.88. The van der Waals surface area contributed by atoms with E-state index < -0.39 is 0 Å². The molecular formula is C11H23NO2. The molecule has 1 atom stereocenters. The van der Waals surface area contributed by atoms with E-state index in [-0.39, 0.29) is 11.1 Å². The van der Waals surface area contributed by atoms with Crippen LogP contribution in [-0.2, 0) is 9.47 Å². The fraction of sp³-hybridized carbons (Fsp3) is 1.00. The van der Waals surface area contributed by atoms with Gasteiger partial charge in [0, 0.05) is 19.3 Å². The van der Waals surface area contributed by atoms with Crippen LogP contribution >= 0.6 is 0 Å². The SMILES string of the molecule is COC(C)(C)CCC1(N)CCCOC1. The highest BCUT2D eigenvalue weighted by Gasteiger charge is 2.30. The van der Waals surface area contributed by atoms with Crippen molar-refractivity contribution >= 4 is 0 Å². The molecule has 0 aliphatic carbocycles. The Balaban J connectivity index is 2.35. The summed E-state index contributed by atoms with van der Waals surface area (Å²) in [6.07, 6.45) is 4.13. The van der Waals surface area contributed by atoms with Gasteiger partial charge in [0.2, 0.25) is 0 Å². The van der Waals surface area contributed by atoms with Gasteiger partial charge in [0.15, 0.2) is 0 Å². The van der Waals surface area contributed by atoms with Crippen molar-refractivity contribution in [2.24, 2.45) is 5.73 Å². The van der Waals surface area contributed by atoms with E-state index in [4.69, 9.17) is 15.2 Å². The van der Waals surface area contributed by atoms with Gasteiger partial charge in [0.1, 0.15) is 0 Å². The molecule has 1 rings (SSSR count). The Morgan fingerprint density at radius 1 is 1.50 bits per heavy atom. The highest BCUT2D eigenvalue weighted by Crippen LogP contribution is 2.26. The molecule has 0 bridgehead atoms. The fourth-order valence-electron chi connectivity index (χ4n) is 1.72. The Morgan fingerprint density at radius 2 is 2.21 bits per heavy atom. The van der Waals surface area contributed by atoms with Crippen LogP contribution in [0.1, 0.15) is 39.5 Å². The lowest BCUT2D eigenvalue weighted by Crippen LogP contribution is -2.48. The molecule has 1 fully saturated rings. The van der Waals surface area contributed by atoms with E-state index in [0.29, 0.717) is 6.61 Å². The summed E-state index contributed by atoms with van der Waals surface area (Å²) in [5.74, 6) is 0. The lowest BCUT2D eigenvalue weighted by molar-refractivity contribution is -0.00972. The van der Waals surface area contributed by atoms with Crippen LogP contribution in [0.4, 0.5) is 0 Å². The van der Waals surface area contributed by atoms with E-state index in [1.54, 1.807) is 7.11 Å². The van der Waals surface area contributed by atoms with Crippen molar-refractivity contribution in [3.63, 3.8) is 0 Å². The third kappa shape index (κ3) is 3.56. The summed E-state index contributed by atoms with van der Waals surface area (Å²) in [7, 11) is 1.75. The van der Waals surface area contributed by atoms with Gasteiger partial charge in [-0.1, -0.05) is 0 Å². The monoisotopic (exact) mass is 201 g/mol. The third-order valence-corrected chi connectivity index (χ3v) is 3.13. The highest BCUT2D eigenvalue weighted by atomic mass is 16.5. The van der Waals surface area contributed by atoms with Gasteiger partial charge >= 0.3 is 0 Å². The standard InChI is InChI=1S/C11H23NO2/c1-10(2,13-3)6-7-11(12)5-4-8-14-9-11/h4-9,12H2,1-3H3. The van der Waals surface area contributed by atoms with E-state index in [1.165, 1.54) is 0 Å². The molecule has 84 valence electrons. The van der Waals surface area contributed by atoms with Crippen LogP contribution in [0.3, 0.4) is 0 Å². The van der Waals surface area contributed by atoms with Crippen molar-refractivity contribution in [1.82, 2.24) is 0 Å². The molecule has 0 spiro atoms. The van der Waals surface area contributed by atoms with Gasteiger partial charge in [-0.05, 0) is 39.5 Å². The molecule has 2 N–H and O–H groups in total. The maximum atomic E-state index is 6.24. The van der Waals surface area contributed by atoms with Crippen molar-refractivity contribution in [3.8, 4) is 0 Å². The predicted octanol–water partition coefficient (Wildman–Crippen LogP) is 1.70. The van der Waals surface area contributed by atoms with Crippen LogP contribution in [-0.4, -0.2) is 31.5 Å². The zero-order valence-electron chi connectivity index (χ0n) is 9.64. The molecule has 0 amide bonds. The number of methoxy groups -OCH3 is 1. The van der Waals surface area contributed by atoms with Crippen LogP contribution in [0.5, 0.6) is 0 Å². The molecule has 0 aromatic carbocycles. The van der Waals surface area contributed by atoms with Crippen molar-refractivity contribution in [1.29, 1.82) is 0 Å². The normalized spacial score (nSPS) is 29.1. The molecule has 0 radical (unpaired) electrons. The third-order valence-electron chi connectivity index (χ3n) is 3.13. The van der Waals surface area contributed by atoms with Gasteiger partial charge in [-0.2, -0.15) is 0 Å². The molecule has 1 aliphatic heterocycles. The van der Waals surface area contributed by atoms with Crippen LogP contribution in [0.2, 0.25) is 0 Å². The predicted molar refractivity (Wildman–Crippen MR) is 57.3 cm³/mol. The second-order valence-electron chi connectivity index (χ2n) is 4.98. The Hall–Kier alpha value is -0.120. The molecule has 0 aromatic rings. The molecule has 3 nitrogen and oxygen atoms in total. The van der Waals surface area contributed by atoms with Gasteiger partial charge < -0.3 is 15.2 Å². The Labute approximate surface area is 86.9 Å². The van der Waals surface area contributed by atoms with Crippen molar-refractivity contribution in [2.75, 3.05) is 20.3 Å². The maximum absolute atomic E-state index is 6.24. The van der Waals surface area contributed by atoms with E-state index >= 15 is 0 Å². The van der Waals surface area contributed by atoms with Gasteiger partial charge in [-0.15, -0.1) is 0 Å². The summed E-state index contributed by atoms with van der Waals surface area (Å²) in [5, 5.41) is 0. The summed E-state index contributed by atoms with van der Waals surface area (Å²) in [5.41, 5.74) is 6.06. The molecule has 3 heteroatoms. The van der Waals surface area contributed by atoms with Crippen LogP contribution in [0.15, 0.2) is 0 Å². The summed E-state index contributed by atoms with van der Waals surface area (Å²) >= 11 is 0. The van der Waals surface area contributed by atoms with E-state index in [1.807, 2.05) is 0 Å². The summed E-state index contributed by atoms with van der Waals surface area (Å²) in [4.78, 5) is 0. The second-order valence-corrected chi connectivity index (χ2v) is 4.98. The Kier molecular flexibility index (Phi) is 3.93. The summed E-state index contributed by atoms with van der Waals surface area (Å²) in [6, 6.07) is 0. The Morgan fingerprint density at radius 3 is 2.71 bits per heavy atom. The van der Waals surface area contributed by atoms with Crippen molar-refractivity contribution < 1.29 is 9.47 Å². The van der Waals surface area contributed by atoms with Gasteiger partial charge in [-0.3, -0.25) is 0 Å². The summed E-state index contributed by atoms with van der Waals surface area (Å²) < 4.78 is 10.8. The fourth-order valence-corrected chi connectivity index (χ4v) is 1.72. The van der Waals surface area contributed by atoms with Gasteiger partial charge in [-0.25, -0.2) is 0 Å². The minimum Gasteiger partial charge on any atom is -0.380 e. The molecular weight excluding hydrogens is 178 g/mol. The topological polar surface area (TPSA) is 44.5 Å². The zero-order chi connectivity index (χ0) is 10.7. The van der Waals surface area contributed by atoms with Crippen molar-refractivity contribution in [2.45, 2.75) is 50.7 Å². The molecule has 1 heterocycles. The second kappa shape index (κ2) is 4.60. The molecule has 1 unspecified atom stereocenters. The first kappa shape index (κ1) is 12.0. The number of ether oxygens (including phenoxy) is 2. The Bertz CT molecular complexity index is 174. The molecule has 1 saturated heterocycles. The quantitative estimate of drug-likeness (QED) is 0.753. The van der Waals surface area contributed by atoms with Crippen LogP contribution < -0.4 is 5.73 Å². The van der Waals surface area contributed by atoms with E-state index in [9.17, 15) is 0 Å². The largest absolute Gasteiger partial charge is 0.380 e. The number of hydrogen-bond acceptors (Lipinski definition) is 3. The summed E-state index contributed by atoms with van der Waals surface area (Å²) in [6.45, 7) is 5.76. The van der Waals surface area contributed by atoms with E-state index in [0.717, 1.165) is 32.3 Å². The average molecular weight is 201 g/mol. The van der Waals surface area contributed by atoms with Crippen LogP contribution in [0, 0.1) is 0 Å². The maximum Gasteiger partial charge on any atom is 0.0646 e. The zero-order valence-corrected chi connectivity index (χ0v) is 9.64. The first-order chi connectivity index (χ1) is 6.47. The number of rotatable bonds is 4. The average Bonchev–Trinajstić information content (AvgIpc) is 2.17. The minimum atomic E-state index is -0.117. The number of nitrogens with two attached hydrogens (primary N) is 1. The first-order valence-corrected chi connectivity index (χ1v) is 5.39. The lowest BCUT2D eigenvalue weighted by atomic mass is 9.85. The van der Waals surface area contributed by atoms with Gasteiger partial charge in [0.05, 0.1) is 12.2 Å². The minimum absolute atomic E-state index is 0.0657.